The van der Waals surface area contributed by atoms with Gasteiger partial charge < -0.3 is 5.11 Å². The molecule has 21 heavy (non-hydrogen) atoms. The lowest BCUT2D eigenvalue weighted by atomic mass is 10.0. The lowest BCUT2D eigenvalue weighted by Crippen LogP contribution is -2.39. The van der Waals surface area contributed by atoms with Crippen molar-refractivity contribution in [3.63, 3.8) is 0 Å². The standard InChI is InChI=1S/C16H19NO3S/c18-15(16-7-3-4-10-21(16,19)20)11-13-9-8-12-5-1-2-6-14(12)17-13/h1-2,5-6,8-9,15-16,18H,3-4,7,10-11H2. The third-order valence-electron chi connectivity index (χ3n) is 4.13. The lowest BCUT2D eigenvalue weighted by Gasteiger charge is -2.26. The summed E-state index contributed by atoms with van der Waals surface area (Å²) in [4.78, 5) is 4.50. The van der Waals surface area contributed by atoms with Crippen LogP contribution in [0.15, 0.2) is 36.4 Å². The van der Waals surface area contributed by atoms with Gasteiger partial charge in [0.1, 0.15) is 0 Å². The van der Waals surface area contributed by atoms with Gasteiger partial charge in [0.05, 0.1) is 22.6 Å². The van der Waals surface area contributed by atoms with Crippen LogP contribution in [0.3, 0.4) is 0 Å². The molecule has 2 atom stereocenters. The molecule has 0 amide bonds. The number of para-hydroxylation sites is 1. The number of hydrogen-bond acceptors (Lipinski definition) is 4. The van der Waals surface area contributed by atoms with Crippen LogP contribution in [0.5, 0.6) is 0 Å². The van der Waals surface area contributed by atoms with E-state index >= 15 is 0 Å². The van der Waals surface area contributed by atoms with Crippen LogP contribution in [0.2, 0.25) is 0 Å². The predicted octanol–water partition coefficient (Wildman–Crippen LogP) is 2.11. The van der Waals surface area contributed by atoms with E-state index in [2.05, 4.69) is 4.98 Å². The average Bonchev–Trinajstić information content (AvgIpc) is 2.46. The van der Waals surface area contributed by atoms with Crippen LogP contribution in [-0.2, 0) is 16.3 Å². The number of nitrogens with zero attached hydrogens (tertiary/aromatic N) is 1. The average molecular weight is 305 g/mol. The van der Waals surface area contributed by atoms with E-state index in [9.17, 15) is 13.5 Å². The van der Waals surface area contributed by atoms with Crippen molar-refractivity contribution in [2.45, 2.75) is 37.0 Å². The molecule has 1 aromatic carbocycles. The molecule has 2 heterocycles. The highest BCUT2D eigenvalue weighted by Gasteiger charge is 2.34. The van der Waals surface area contributed by atoms with Crippen LogP contribution >= 0.6 is 0 Å². The first-order chi connectivity index (χ1) is 10.1. The third kappa shape index (κ3) is 3.09. The Morgan fingerprint density at radius 2 is 2.00 bits per heavy atom. The maximum atomic E-state index is 12.0. The Morgan fingerprint density at radius 1 is 1.19 bits per heavy atom. The summed E-state index contributed by atoms with van der Waals surface area (Å²) in [6.45, 7) is 0. The smallest absolute Gasteiger partial charge is 0.155 e. The molecule has 0 bridgehead atoms. The Morgan fingerprint density at radius 3 is 2.81 bits per heavy atom. The molecule has 2 aromatic rings. The van der Waals surface area contributed by atoms with E-state index in [0.29, 0.717) is 12.8 Å². The van der Waals surface area contributed by atoms with E-state index in [1.165, 1.54) is 0 Å². The molecule has 3 rings (SSSR count). The number of benzene rings is 1. The van der Waals surface area contributed by atoms with Crippen LogP contribution in [0.4, 0.5) is 0 Å². The molecular formula is C16H19NO3S. The summed E-state index contributed by atoms with van der Waals surface area (Å²) in [6, 6.07) is 11.6. The molecule has 112 valence electrons. The molecule has 1 aromatic heterocycles. The normalized spacial score (nSPS) is 23.0. The molecule has 0 aliphatic carbocycles. The fourth-order valence-corrected chi connectivity index (χ4v) is 4.99. The van der Waals surface area contributed by atoms with E-state index in [1.807, 2.05) is 36.4 Å². The van der Waals surface area contributed by atoms with E-state index in [1.54, 1.807) is 0 Å². The summed E-state index contributed by atoms with van der Waals surface area (Å²) in [5, 5.41) is 10.7. The van der Waals surface area contributed by atoms with Gasteiger partial charge in [0, 0.05) is 17.5 Å². The second kappa shape index (κ2) is 5.73. The number of hydrogen-bond donors (Lipinski definition) is 1. The molecule has 0 saturated carbocycles. The maximum Gasteiger partial charge on any atom is 0.155 e. The van der Waals surface area contributed by atoms with E-state index in [0.717, 1.165) is 23.0 Å². The number of fused-ring (bicyclic) bond motifs is 1. The minimum Gasteiger partial charge on any atom is -0.391 e. The topological polar surface area (TPSA) is 67.3 Å². The largest absolute Gasteiger partial charge is 0.391 e. The van der Waals surface area contributed by atoms with Crippen LogP contribution < -0.4 is 0 Å². The fraction of sp³-hybridized carbons (Fsp3) is 0.438. The summed E-state index contributed by atoms with van der Waals surface area (Å²) in [5.74, 6) is 0.194. The van der Waals surface area contributed by atoms with Crippen molar-refractivity contribution in [3.8, 4) is 0 Å². The molecule has 5 heteroatoms. The van der Waals surface area contributed by atoms with Crippen molar-refractivity contribution < 1.29 is 13.5 Å². The molecule has 1 aliphatic rings. The van der Waals surface area contributed by atoms with E-state index in [-0.39, 0.29) is 12.2 Å². The zero-order valence-electron chi connectivity index (χ0n) is 11.8. The van der Waals surface area contributed by atoms with Gasteiger partial charge in [0.25, 0.3) is 0 Å². The van der Waals surface area contributed by atoms with Gasteiger partial charge in [-0.2, -0.15) is 0 Å². The molecular weight excluding hydrogens is 286 g/mol. The predicted molar refractivity (Wildman–Crippen MR) is 82.9 cm³/mol. The van der Waals surface area contributed by atoms with Gasteiger partial charge in [-0.3, -0.25) is 4.98 Å². The monoisotopic (exact) mass is 305 g/mol. The van der Waals surface area contributed by atoms with Crippen molar-refractivity contribution in [3.05, 3.63) is 42.1 Å². The first-order valence-electron chi connectivity index (χ1n) is 7.30. The molecule has 1 fully saturated rings. The minimum atomic E-state index is -3.16. The second-order valence-electron chi connectivity index (χ2n) is 5.67. The quantitative estimate of drug-likeness (QED) is 0.943. The minimum absolute atomic E-state index is 0.194. The highest BCUT2D eigenvalue weighted by molar-refractivity contribution is 7.92. The summed E-state index contributed by atoms with van der Waals surface area (Å²) in [5.41, 5.74) is 1.61. The zero-order valence-corrected chi connectivity index (χ0v) is 12.6. The Kier molecular flexibility index (Phi) is 3.95. The summed E-state index contributed by atoms with van der Waals surface area (Å²) < 4.78 is 24.1. The Balaban J connectivity index is 1.81. The van der Waals surface area contributed by atoms with Gasteiger partial charge in [-0.25, -0.2) is 8.42 Å². The van der Waals surface area contributed by atoms with E-state index < -0.39 is 21.2 Å². The van der Waals surface area contributed by atoms with Crippen LogP contribution in [0, 0.1) is 0 Å². The summed E-state index contributed by atoms with van der Waals surface area (Å²) >= 11 is 0. The number of sulfone groups is 1. The molecule has 1 saturated heterocycles. The molecule has 0 radical (unpaired) electrons. The highest BCUT2D eigenvalue weighted by Crippen LogP contribution is 2.24. The van der Waals surface area contributed by atoms with Gasteiger partial charge in [-0.05, 0) is 25.0 Å². The highest BCUT2D eigenvalue weighted by atomic mass is 32.2. The zero-order chi connectivity index (χ0) is 14.9. The van der Waals surface area contributed by atoms with Crippen LogP contribution in [-0.4, -0.2) is 35.6 Å². The fourth-order valence-electron chi connectivity index (χ4n) is 2.98. The Hall–Kier alpha value is -1.46. The number of pyridine rings is 1. The Labute approximate surface area is 124 Å². The molecule has 1 N–H and O–H groups in total. The van der Waals surface area contributed by atoms with Gasteiger partial charge >= 0.3 is 0 Å². The van der Waals surface area contributed by atoms with Gasteiger partial charge in [-0.15, -0.1) is 0 Å². The molecule has 2 unspecified atom stereocenters. The summed E-state index contributed by atoms with van der Waals surface area (Å²) in [6.07, 6.45) is 1.54. The first kappa shape index (κ1) is 14.5. The number of aliphatic hydroxyl groups excluding tert-OH is 1. The second-order valence-corrected chi connectivity index (χ2v) is 8.01. The SMILES string of the molecule is O=S1(=O)CCCCC1C(O)Cc1ccc2ccccc2n1. The van der Waals surface area contributed by atoms with Crippen molar-refractivity contribution in [1.82, 2.24) is 4.98 Å². The summed E-state index contributed by atoms with van der Waals surface area (Å²) in [7, 11) is -3.16. The number of rotatable bonds is 3. The van der Waals surface area contributed by atoms with Crippen LogP contribution in [0.25, 0.3) is 10.9 Å². The van der Waals surface area contributed by atoms with Gasteiger partial charge in [-0.1, -0.05) is 30.7 Å². The molecule has 4 nitrogen and oxygen atoms in total. The van der Waals surface area contributed by atoms with Crippen LogP contribution in [0.1, 0.15) is 25.0 Å². The number of aliphatic hydroxyl groups is 1. The van der Waals surface area contributed by atoms with Crippen molar-refractivity contribution in [2.24, 2.45) is 0 Å². The maximum absolute atomic E-state index is 12.0. The Bertz CT molecular complexity index is 742. The van der Waals surface area contributed by atoms with Crippen molar-refractivity contribution in [2.75, 3.05) is 5.75 Å². The van der Waals surface area contributed by atoms with Crippen molar-refractivity contribution in [1.29, 1.82) is 0 Å². The van der Waals surface area contributed by atoms with Gasteiger partial charge in [0.2, 0.25) is 0 Å². The lowest BCUT2D eigenvalue weighted by molar-refractivity contribution is 0.161. The molecule has 0 spiro atoms. The van der Waals surface area contributed by atoms with E-state index in [4.69, 9.17) is 0 Å². The molecule has 1 aliphatic heterocycles. The van der Waals surface area contributed by atoms with Crippen molar-refractivity contribution >= 4 is 20.7 Å². The third-order valence-corrected chi connectivity index (χ3v) is 6.46. The first-order valence-corrected chi connectivity index (χ1v) is 9.02. The number of aromatic nitrogens is 1. The van der Waals surface area contributed by atoms with Gasteiger partial charge in [0.15, 0.2) is 9.84 Å².